The van der Waals surface area contributed by atoms with Crippen molar-refractivity contribution < 1.29 is 32.6 Å². The van der Waals surface area contributed by atoms with Crippen LogP contribution in [0.3, 0.4) is 0 Å². The SMILES string of the molecule is C[C@H](NC(=O)OC(C)(C)C)C(=O)Nc1ccc(CO)cc1C(F)(F)F. The molecule has 0 aliphatic carbocycles. The third-order valence-electron chi connectivity index (χ3n) is 2.96. The van der Waals surface area contributed by atoms with Gasteiger partial charge in [0.25, 0.3) is 0 Å². The van der Waals surface area contributed by atoms with Crippen LogP contribution in [0, 0.1) is 0 Å². The number of amides is 2. The molecule has 0 saturated heterocycles. The van der Waals surface area contributed by atoms with Gasteiger partial charge in [-0.05, 0) is 45.4 Å². The van der Waals surface area contributed by atoms with Crippen LogP contribution in [0.4, 0.5) is 23.7 Å². The van der Waals surface area contributed by atoms with Crippen LogP contribution in [0.2, 0.25) is 0 Å². The molecule has 0 aliphatic heterocycles. The minimum absolute atomic E-state index is 0.0604. The maximum atomic E-state index is 13.1. The van der Waals surface area contributed by atoms with E-state index < -0.39 is 47.7 Å². The van der Waals surface area contributed by atoms with Crippen molar-refractivity contribution >= 4 is 17.7 Å². The monoisotopic (exact) mass is 362 g/mol. The van der Waals surface area contributed by atoms with E-state index >= 15 is 0 Å². The van der Waals surface area contributed by atoms with E-state index in [1.165, 1.54) is 13.0 Å². The smallest absolute Gasteiger partial charge is 0.418 e. The number of carbonyl (C=O) groups excluding carboxylic acids is 2. The van der Waals surface area contributed by atoms with Gasteiger partial charge in [-0.1, -0.05) is 6.07 Å². The number of hydrogen-bond donors (Lipinski definition) is 3. The molecule has 0 aromatic heterocycles. The number of benzene rings is 1. The molecule has 3 N–H and O–H groups in total. The summed E-state index contributed by atoms with van der Waals surface area (Å²) in [5, 5.41) is 13.3. The number of ether oxygens (including phenoxy) is 1. The van der Waals surface area contributed by atoms with Gasteiger partial charge in [0.15, 0.2) is 0 Å². The molecule has 140 valence electrons. The van der Waals surface area contributed by atoms with Gasteiger partial charge in [0, 0.05) is 0 Å². The first-order valence-electron chi connectivity index (χ1n) is 7.45. The van der Waals surface area contributed by atoms with Gasteiger partial charge in [-0.2, -0.15) is 13.2 Å². The molecular weight excluding hydrogens is 341 g/mol. The minimum Gasteiger partial charge on any atom is -0.444 e. The van der Waals surface area contributed by atoms with Crippen molar-refractivity contribution in [2.45, 2.75) is 52.1 Å². The van der Waals surface area contributed by atoms with Crippen molar-refractivity contribution in [2.24, 2.45) is 0 Å². The molecule has 1 atom stereocenters. The number of aliphatic hydroxyl groups excluding tert-OH is 1. The van der Waals surface area contributed by atoms with E-state index in [-0.39, 0.29) is 5.56 Å². The van der Waals surface area contributed by atoms with Gasteiger partial charge in [0.05, 0.1) is 17.9 Å². The number of carbonyl (C=O) groups is 2. The number of anilines is 1. The molecule has 25 heavy (non-hydrogen) atoms. The van der Waals surface area contributed by atoms with Gasteiger partial charge in [-0.25, -0.2) is 4.79 Å². The molecule has 9 heteroatoms. The summed E-state index contributed by atoms with van der Waals surface area (Å²) in [5.74, 6) is -0.840. The molecule has 1 rings (SSSR count). The number of rotatable bonds is 4. The van der Waals surface area contributed by atoms with Crippen LogP contribution in [0.25, 0.3) is 0 Å². The van der Waals surface area contributed by atoms with E-state index in [0.717, 1.165) is 12.1 Å². The zero-order valence-electron chi connectivity index (χ0n) is 14.3. The first-order chi connectivity index (χ1) is 11.3. The fourth-order valence-corrected chi connectivity index (χ4v) is 1.82. The second-order valence-corrected chi connectivity index (χ2v) is 6.39. The van der Waals surface area contributed by atoms with Crippen LogP contribution in [-0.4, -0.2) is 28.7 Å². The predicted octanol–water partition coefficient (Wildman–Crippen LogP) is 3.05. The summed E-state index contributed by atoms with van der Waals surface area (Å²) in [5.41, 5.74) is -2.27. The number of halogens is 3. The van der Waals surface area contributed by atoms with E-state index in [0.29, 0.717) is 0 Å². The largest absolute Gasteiger partial charge is 0.444 e. The first kappa shape index (κ1) is 20.8. The Hall–Kier alpha value is -2.29. The van der Waals surface area contributed by atoms with E-state index in [4.69, 9.17) is 9.84 Å². The van der Waals surface area contributed by atoms with E-state index in [9.17, 15) is 22.8 Å². The van der Waals surface area contributed by atoms with E-state index in [1.807, 2.05) is 0 Å². The fraction of sp³-hybridized carbons (Fsp3) is 0.500. The van der Waals surface area contributed by atoms with Crippen LogP contribution in [-0.2, 0) is 22.3 Å². The summed E-state index contributed by atoms with van der Waals surface area (Å²) in [7, 11) is 0. The van der Waals surface area contributed by atoms with Crippen molar-refractivity contribution in [3.05, 3.63) is 29.3 Å². The van der Waals surface area contributed by atoms with Crippen molar-refractivity contribution in [3.8, 4) is 0 Å². The quantitative estimate of drug-likeness (QED) is 0.768. The topological polar surface area (TPSA) is 87.7 Å². The lowest BCUT2D eigenvalue weighted by atomic mass is 10.1. The lowest BCUT2D eigenvalue weighted by Gasteiger charge is -2.22. The Kier molecular flexibility index (Phi) is 6.42. The van der Waals surface area contributed by atoms with E-state index in [1.54, 1.807) is 20.8 Å². The summed E-state index contributed by atoms with van der Waals surface area (Å²) in [6.07, 6.45) is -5.57. The zero-order valence-corrected chi connectivity index (χ0v) is 14.3. The molecule has 0 radical (unpaired) electrons. The lowest BCUT2D eigenvalue weighted by Crippen LogP contribution is -2.44. The van der Waals surface area contributed by atoms with Crippen LogP contribution in [0.15, 0.2) is 18.2 Å². The number of hydrogen-bond acceptors (Lipinski definition) is 4. The van der Waals surface area contributed by atoms with Crippen molar-refractivity contribution in [2.75, 3.05) is 5.32 Å². The Labute approximate surface area is 143 Å². The zero-order chi connectivity index (χ0) is 19.4. The van der Waals surface area contributed by atoms with Crippen LogP contribution < -0.4 is 10.6 Å². The lowest BCUT2D eigenvalue weighted by molar-refractivity contribution is -0.137. The molecule has 0 fully saturated rings. The van der Waals surface area contributed by atoms with Crippen LogP contribution in [0.5, 0.6) is 0 Å². The average molecular weight is 362 g/mol. The molecule has 0 heterocycles. The maximum absolute atomic E-state index is 13.1. The molecule has 0 spiro atoms. The van der Waals surface area contributed by atoms with Gasteiger partial charge < -0.3 is 20.5 Å². The Morgan fingerprint density at radius 2 is 1.84 bits per heavy atom. The van der Waals surface area contributed by atoms with Crippen molar-refractivity contribution in [1.29, 1.82) is 0 Å². The van der Waals surface area contributed by atoms with Gasteiger partial charge in [-0.3, -0.25) is 4.79 Å². The third kappa shape index (κ3) is 6.61. The average Bonchev–Trinajstić information content (AvgIpc) is 2.44. The molecule has 1 aromatic carbocycles. The second-order valence-electron chi connectivity index (χ2n) is 6.39. The highest BCUT2D eigenvalue weighted by atomic mass is 19.4. The standard InChI is InChI=1S/C16H21F3N2O4/c1-9(20-14(24)25-15(2,3)4)13(23)21-12-6-5-10(8-22)7-11(12)16(17,18)19/h5-7,9,22H,8H2,1-4H3,(H,20,24)(H,21,23)/t9-/m0/s1. The molecular formula is C16H21F3N2O4. The number of alkyl halides is 3. The van der Waals surface area contributed by atoms with Crippen molar-refractivity contribution in [1.82, 2.24) is 5.32 Å². The first-order valence-corrected chi connectivity index (χ1v) is 7.45. The third-order valence-corrected chi connectivity index (χ3v) is 2.96. The molecule has 0 bridgehead atoms. The van der Waals surface area contributed by atoms with Gasteiger partial charge in [-0.15, -0.1) is 0 Å². The number of aliphatic hydroxyl groups is 1. The van der Waals surface area contributed by atoms with Gasteiger partial charge in [0.2, 0.25) is 5.91 Å². The van der Waals surface area contributed by atoms with Crippen LogP contribution >= 0.6 is 0 Å². The second kappa shape index (κ2) is 7.73. The molecule has 0 saturated carbocycles. The normalized spacial score (nSPS) is 13.1. The summed E-state index contributed by atoms with van der Waals surface area (Å²) in [4.78, 5) is 23.7. The summed E-state index contributed by atoms with van der Waals surface area (Å²) >= 11 is 0. The Balaban J connectivity index is 2.88. The molecule has 6 nitrogen and oxygen atoms in total. The van der Waals surface area contributed by atoms with Gasteiger partial charge in [0.1, 0.15) is 11.6 Å². The van der Waals surface area contributed by atoms with Crippen LogP contribution in [0.1, 0.15) is 38.8 Å². The number of nitrogens with one attached hydrogen (secondary N) is 2. The Morgan fingerprint density at radius 1 is 1.24 bits per heavy atom. The number of alkyl carbamates (subject to hydrolysis) is 1. The minimum atomic E-state index is -4.71. The highest BCUT2D eigenvalue weighted by Crippen LogP contribution is 2.35. The highest BCUT2D eigenvalue weighted by molar-refractivity contribution is 5.97. The maximum Gasteiger partial charge on any atom is 0.418 e. The Bertz CT molecular complexity index is 639. The summed E-state index contributed by atoms with van der Waals surface area (Å²) in [6, 6.07) is 1.94. The van der Waals surface area contributed by atoms with Crippen molar-refractivity contribution in [3.63, 3.8) is 0 Å². The summed E-state index contributed by atoms with van der Waals surface area (Å²) < 4.78 is 44.2. The fourth-order valence-electron chi connectivity index (χ4n) is 1.82. The molecule has 1 aromatic rings. The highest BCUT2D eigenvalue weighted by Gasteiger charge is 2.34. The predicted molar refractivity (Wildman–Crippen MR) is 84.8 cm³/mol. The molecule has 0 aliphatic rings. The van der Waals surface area contributed by atoms with E-state index in [2.05, 4.69) is 10.6 Å². The Morgan fingerprint density at radius 3 is 2.32 bits per heavy atom. The summed E-state index contributed by atoms with van der Waals surface area (Å²) in [6.45, 7) is 5.66. The van der Waals surface area contributed by atoms with Gasteiger partial charge >= 0.3 is 12.3 Å². The molecule has 0 unspecified atom stereocenters. The molecule has 2 amide bonds.